The molecule has 1 atom stereocenters. The summed E-state index contributed by atoms with van der Waals surface area (Å²) in [5.74, 6) is -0.493. The highest BCUT2D eigenvalue weighted by atomic mass is 16.6. The number of amides is 1. The molecule has 1 aliphatic rings. The largest absolute Gasteiger partial charge is 0.465 e. The minimum Gasteiger partial charge on any atom is -0.465 e. The second-order valence-corrected chi connectivity index (χ2v) is 2.85. The van der Waals surface area contributed by atoms with E-state index in [1.54, 1.807) is 0 Å². The first-order valence-corrected chi connectivity index (χ1v) is 4.40. The van der Waals surface area contributed by atoms with E-state index in [0.29, 0.717) is 19.6 Å². The fraction of sp³-hybridized carbons (Fsp3) is 0.750. The molecule has 1 fully saturated rings. The second-order valence-electron chi connectivity index (χ2n) is 2.85. The molecule has 0 aromatic carbocycles. The third-order valence-corrected chi connectivity index (χ3v) is 1.98. The van der Waals surface area contributed by atoms with Crippen molar-refractivity contribution in [1.82, 2.24) is 4.90 Å². The van der Waals surface area contributed by atoms with Crippen LogP contribution >= 0.6 is 0 Å². The number of cyclic esters (lactones) is 1. The maximum atomic E-state index is 11.1. The van der Waals surface area contributed by atoms with Gasteiger partial charge in [-0.05, 0) is 6.92 Å². The number of hydrogen-bond acceptors (Lipinski definition) is 4. The van der Waals surface area contributed by atoms with Gasteiger partial charge in [0, 0.05) is 19.6 Å². The zero-order chi connectivity index (χ0) is 10.6. The number of carboxylic acid groups (broad SMARTS) is 1. The Kier molecular flexibility index (Phi) is 3.70. The van der Waals surface area contributed by atoms with Crippen molar-refractivity contribution in [3.63, 3.8) is 0 Å². The highest BCUT2D eigenvalue weighted by Crippen LogP contribution is 2.14. The summed E-state index contributed by atoms with van der Waals surface area (Å²) in [6.45, 7) is 2.57. The zero-order valence-corrected chi connectivity index (χ0v) is 7.93. The molecule has 0 aromatic rings. The lowest BCUT2D eigenvalue weighted by Gasteiger charge is -2.15. The molecular formula is C8H13NO5. The molecule has 6 nitrogen and oxygen atoms in total. The molecule has 1 rings (SSSR count). The molecule has 1 aliphatic heterocycles. The maximum absolute atomic E-state index is 11.1. The Hall–Kier alpha value is -1.30. The molecule has 1 unspecified atom stereocenters. The van der Waals surface area contributed by atoms with Crippen LogP contribution in [0.1, 0.15) is 13.3 Å². The fourth-order valence-electron chi connectivity index (χ4n) is 1.25. The lowest BCUT2D eigenvalue weighted by atomic mass is 10.2. The van der Waals surface area contributed by atoms with Gasteiger partial charge in [-0.15, -0.1) is 0 Å². The van der Waals surface area contributed by atoms with Crippen LogP contribution in [-0.2, 0) is 14.3 Å². The molecule has 0 bridgehead atoms. The monoisotopic (exact) mass is 203 g/mol. The van der Waals surface area contributed by atoms with Gasteiger partial charge in [-0.1, -0.05) is 0 Å². The first-order chi connectivity index (χ1) is 6.66. The van der Waals surface area contributed by atoms with Crippen molar-refractivity contribution in [3.8, 4) is 0 Å². The van der Waals surface area contributed by atoms with Gasteiger partial charge in [0.15, 0.2) is 6.73 Å². The van der Waals surface area contributed by atoms with E-state index in [1.807, 2.05) is 6.92 Å². The Balaban J connectivity index is 2.45. The van der Waals surface area contributed by atoms with Crippen molar-refractivity contribution in [2.75, 3.05) is 19.9 Å². The first kappa shape index (κ1) is 10.8. The van der Waals surface area contributed by atoms with Crippen molar-refractivity contribution in [3.05, 3.63) is 0 Å². The smallest absolute Gasteiger partial charge is 0.410 e. The van der Waals surface area contributed by atoms with Crippen molar-refractivity contribution >= 4 is 12.1 Å². The summed E-state index contributed by atoms with van der Waals surface area (Å²) in [5.41, 5.74) is 0. The van der Waals surface area contributed by atoms with Gasteiger partial charge in [0.25, 0.3) is 0 Å². The van der Waals surface area contributed by atoms with Gasteiger partial charge in [0.2, 0.25) is 0 Å². The average Bonchev–Trinajstić information content (AvgIpc) is 2.48. The second kappa shape index (κ2) is 4.80. The molecule has 0 radical (unpaired) electrons. The van der Waals surface area contributed by atoms with Crippen LogP contribution in [-0.4, -0.2) is 48.1 Å². The number of ether oxygens (including phenoxy) is 2. The lowest BCUT2D eigenvalue weighted by molar-refractivity contribution is -0.139. The molecule has 1 amide bonds. The van der Waals surface area contributed by atoms with E-state index < -0.39 is 18.1 Å². The SMILES string of the molecule is CCOCCC1C(=O)OCN1C(=O)O. The van der Waals surface area contributed by atoms with E-state index in [1.165, 1.54) is 0 Å². The van der Waals surface area contributed by atoms with E-state index in [2.05, 4.69) is 4.74 Å². The summed E-state index contributed by atoms with van der Waals surface area (Å²) in [6, 6.07) is -0.709. The number of carbonyl (C=O) groups is 2. The molecule has 0 aromatic heterocycles. The van der Waals surface area contributed by atoms with Gasteiger partial charge in [-0.3, -0.25) is 4.90 Å². The predicted molar refractivity (Wildman–Crippen MR) is 45.7 cm³/mol. The summed E-state index contributed by atoms with van der Waals surface area (Å²) >= 11 is 0. The minimum absolute atomic E-state index is 0.176. The van der Waals surface area contributed by atoms with Crippen molar-refractivity contribution in [2.45, 2.75) is 19.4 Å². The van der Waals surface area contributed by atoms with Crippen LogP contribution in [0.5, 0.6) is 0 Å². The van der Waals surface area contributed by atoms with Crippen molar-refractivity contribution in [1.29, 1.82) is 0 Å². The summed E-state index contributed by atoms with van der Waals surface area (Å²) in [5, 5.41) is 8.71. The van der Waals surface area contributed by atoms with Crippen molar-refractivity contribution < 1.29 is 24.2 Å². The van der Waals surface area contributed by atoms with Crippen LogP contribution in [0.2, 0.25) is 0 Å². The Bertz CT molecular complexity index is 230. The van der Waals surface area contributed by atoms with E-state index in [4.69, 9.17) is 9.84 Å². The number of esters is 1. The normalized spacial score (nSPS) is 21.1. The van der Waals surface area contributed by atoms with E-state index in [0.717, 1.165) is 4.90 Å². The molecule has 6 heteroatoms. The summed E-state index contributed by atoms with van der Waals surface area (Å²) in [6.07, 6.45) is -0.795. The highest BCUT2D eigenvalue weighted by Gasteiger charge is 2.37. The van der Waals surface area contributed by atoms with Gasteiger partial charge < -0.3 is 14.6 Å². The van der Waals surface area contributed by atoms with Gasteiger partial charge >= 0.3 is 12.1 Å². The quantitative estimate of drug-likeness (QED) is 0.524. The molecule has 0 saturated carbocycles. The van der Waals surface area contributed by atoms with Crippen LogP contribution in [0.3, 0.4) is 0 Å². The molecule has 14 heavy (non-hydrogen) atoms. The van der Waals surface area contributed by atoms with Crippen molar-refractivity contribution in [2.24, 2.45) is 0 Å². The molecule has 1 N–H and O–H groups in total. The topological polar surface area (TPSA) is 76.1 Å². The summed E-state index contributed by atoms with van der Waals surface area (Å²) in [7, 11) is 0. The van der Waals surface area contributed by atoms with Crippen LogP contribution < -0.4 is 0 Å². The number of rotatable bonds is 4. The number of carbonyl (C=O) groups excluding carboxylic acids is 1. The Morgan fingerprint density at radius 3 is 3.07 bits per heavy atom. The minimum atomic E-state index is -1.14. The number of nitrogens with zero attached hydrogens (tertiary/aromatic N) is 1. The maximum Gasteiger partial charge on any atom is 0.410 e. The summed E-state index contributed by atoms with van der Waals surface area (Å²) in [4.78, 5) is 22.7. The van der Waals surface area contributed by atoms with Crippen LogP contribution in [0.4, 0.5) is 4.79 Å². The highest BCUT2D eigenvalue weighted by molar-refractivity contribution is 5.83. The lowest BCUT2D eigenvalue weighted by Crippen LogP contribution is -2.37. The summed E-state index contributed by atoms with van der Waals surface area (Å²) < 4.78 is 9.67. The van der Waals surface area contributed by atoms with E-state index in [-0.39, 0.29) is 6.73 Å². The average molecular weight is 203 g/mol. The Labute approximate surface area is 81.4 Å². The Morgan fingerprint density at radius 2 is 2.50 bits per heavy atom. The fourth-order valence-corrected chi connectivity index (χ4v) is 1.25. The third kappa shape index (κ3) is 2.35. The molecule has 0 aliphatic carbocycles. The molecular weight excluding hydrogens is 190 g/mol. The van der Waals surface area contributed by atoms with Gasteiger partial charge in [-0.2, -0.15) is 0 Å². The van der Waals surface area contributed by atoms with Crippen LogP contribution in [0.25, 0.3) is 0 Å². The molecule has 0 spiro atoms. The van der Waals surface area contributed by atoms with Gasteiger partial charge in [-0.25, -0.2) is 9.59 Å². The predicted octanol–water partition coefficient (Wildman–Crippen LogP) is 0.276. The third-order valence-electron chi connectivity index (χ3n) is 1.98. The molecule has 1 heterocycles. The van der Waals surface area contributed by atoms with Crippen LogP contribution in [0, 0.1) is 0 Å². The van der Waals surface area contributed by atoms with Crippen LogP contribution in [0.15, 0.2) is 0 Å². The number of hydrogen-bond donors (Lipinski definition) is 1. The Morgan fingerprint density at radius 1 is 1.79 bits per heavy atom. The molecule has 1 saturated heterocycles. The van der Waals surface area contributed by atoms with Gasteiger partial charge in [0.1, 0.15) is 6.04 Å². The molecule has 80 valence electrons. The van der Waals surface area contributed by atoms with E-state index in [9.17, 15) is 9.59 Å². The standard InChI is InChI=1S/C8H13NO5/c1-2-13-4-3-6-7(10)14-5-9(6)8(11)12/h6H,2-5H2,1H3,(H,11,12). The van der Waals surface area contributed by atoms with Gasteiger partial charge in [0.05, 0.1) is 0 Å². The van der Waals surface area contributed by atoms with E-state index >= 15 is 0 Å². The first-order valence-electron chi connectivity index (χ1n) is 4.40. The zero-order valence-electron chi connectivity index (χ0n) is 7.93.